The van der Waals surface area contributed by atoms with Crippen molar-refractivity contribution in [3.8, 4) is 0 Å². The molecule has 0 unspecified atom stereocenters. The summed E-state index contributed by atoms with van der Waals surface area (Å²) < 4.78 is 4.92. The van der Waals surface area contributed by atoms with Gasteiger partial charge in [-0.3, -0.25) is 4.99 Å². The van der Waals surface area contributed by atoms with Gasteiger partial charge >= 0.3 is 0 Å². The Morgan fingerprint density at radius 2 is 2.18 bits per heavy atom. The molecule has 1 aromatic carbocycles. The largest absolute Gasteiger partial charge is 0.383 e. The van der Waals surface area contributed by atoms with E-state index in [2.05, 4.69) is 37.0 Å². The first-order valence-electron chi connectivity index (χ1n) is 5.61. The summed E-state index contributed by atoms with van der Waals surface area (Å²) in [5.41, 5.74) is 9.70. The van der Waals surface area contributed by atoms with Crippen molar-refractivity contribution in [1.82, 2.24) is 0 Å². The van der Waals surface area contributed by atoms with Crippen LogP contribution in [0, 0.1) is 13.8 Å². The van der Waals surface area contributed by atoms with E-state index >= 15 is 0 Å². The Balaban J connectivity index is 2.49. The Bertz CT molecular complexity index is 391. The van der Waals surface area contributed by atoms with Gasteiger partial charge in [0.15, 0.2) is 5.17 Å². The Kier molecular flexibility index (Phi) is 6.08. The average Bonchev–Trinajstić information content (AvgIpc) is 2.31. The topological polar surface area (TPSA) is 47.6 Å². The van der Waals surface area contributed by atoms with Crippen LogP contribution in [0.1, 0.15) is 16.7 Å². The molecule has 17 heavy (non-hydrogen) atoms. The normalized spacial score (nSPS) is 11.8. The van der Waals surface area contributed by atoms with Crippen LogP contribution in [0.4, 0.5) is 0 Å². The van der Waals surface area contributed by atoms with E-state index in [1.165, 1.54) is 16.7 Å². The maximum atomic E-state index is 5.81. The van der Waals surface area contributed by atoms with E-state index in [1.807, 2.05) is 0 Å². The summed E-state index contributed by atoms with van der Waals surface area (Å²) in [6, 6.07) is 6.47. The van der Waals surface area contributed by atoms with Gasteiger partial charge in [-0.15, -0.1) is 0 Å². The van der Waals surface area contributed by atoms with E-state index in [9.17, 15) is 0 Å². The highest BCUT2D eigenvalue weighted by atomic mass is 32.2. The molecule has 2 N–H and O–H groups in total. The zero-order chi connectivity index (χ0) is 12.7. The summed E-state index contributed by atoms with van der Waals surface area (Å²) in [5, 5.41) is 0.628. The number of benzene rings is 1. The average molecular weight is 252 g/mol. The highest BCUT2D eigenvalue weighted by molar-refractivity contribution is 8.13. The molecule has 1 rings (SSSR count). The molecule has 0 amide bonds. The lowest BCUT2D eigenvalue weighted by Gasteiger charge is -2.06. The molecule has 1 aromatic rings. The van der Waals surface area contributed by atoms with Crippen LogP contribution in [0.5, 0.6) is 0 Å². The van der Waals surface area contributed by atoms with Crippen molar-refractivity contribution >= 4 is 16.9 Å². The van der Waals surface area contributed by atoms with Gasteiger partial charge in [-0.05, 0) is 25.0 Å². The molecule has 0 aliphatic heterocycles. The number of hydrogen-bond acceptors (Lipinski definition) is 3. The predicted octanol–water partition coefficient (Wildman–Crippen LogP) is 2.50. The molecular weight excluding hydrogens is 232 g/mol. The lowest BCUT2D eigenvalue weighted by Crippen LogP contribution is -2.09. The van der Waals surface area contributed by atoms with Gasteiger partial charge in [0, 0.05) is 12.9 Å². The van der Waals surface area contributed by atoms with Crippen molar-refractivity contribution in [3.05, 3.63) is 34.9 Å². The van der Waals surface area contributed by atoms with Crippen molar-refractivity contribution in [2.75, 3.05) is 20.3 Å². The van der Waals surface area contributed by atoms with E-state index in [1.54, 1.807) is 18.9 Å². The zero-order valence-electron chi connectivity index (χ0n) is 10.7. The fourth-order valence-corrected chi connectivity index (χ4v) is 2.20. The first kappa shape index (κ1) is 14.1. The number of ether oxygens (including phenoxy) is 1. The summed E-state index contributed by atoms with van der Waals surface area (Å²) in [6.07, 6.45) is 0. The SMILES string of the molecule is COCCN=C(N)SCc1cc(C)ccc1C. The lowest BCUT2D eigenvalue weighted by molar-refractivity contribution is 0.208. The van der Waals surface area contributed by atoms with Gasteiger partial charge in [0.05, 0.1) is 13.2 Å². The van der Waals surface area contributed by atoms with Crippen molar-refractivity contribution in [1.29, 1.82) is 0 Å². The molecule has 0 aliphatic rings. The van der Waals surface area contributed by atoms with E-state index in [4.69, 9.17) is 10.5 Å². The second-order valence-electron chi connectivity index (χ2n) is 3.93. The Morgan fingerprint density at radius 1 is 1.41 bits per heavy atom. The van der Waals surface area contributed by atoms with Gasteiger partial charge in [0.1, 0.15) is 0 Å². The molecule has 0 aliphatic carbocycles. The van der Waals surface area contributed by atoms with Crippen LogP contribution in [0.2, 0.25) is 0 Å². The number of nitrogens with zero attached hydrogens (tertiary/aromatic N) is 1. The molecule has 0 saturated carbocycles. The van der Waals surface area contributed by atoms with E-state index < -0.39 is 0 Å². The summed E-state index contributed by atoms with van der Waals surface area (Å²) in [5.74, 6) is 0.871. The fourth-order valence-electron chi connectivity index (χ4n) is 1.40. The van der Waals surface area contributed by atoms with Gasteiger partial charge in [0.2, 0.25) is 0 Å². The minimum atomic E-state index is 0.616. The van der Waals surface area contributed by atoms with Crippen LogP contribution < -0.4 is 5.73 Å². The molecule has 0 atom stereocenters. The number of nitrogens with two attached hydrogens (primary N) is 1. The fraction of sp³-hybridized carbons (Fsp3) is 0.462. The Morgan fingerprint density at radius 3 is 2.88 bits per heavy atom. The first-order chi connectivity index (χ1) is 8.13. The number of amidine groups is 1. The summed E-state index contributed by atoms with van der Waals surface area (Å²) >= 11 is 1.58. The standard InChI is InChI=1S/C13H20N2OS/c1-10-4-5-11(2)12(8-10)9-17-13(14)15-6-7-16-3/h4-5,8H,6-7,9H2,1-3H3,(H2,14,15). The summed E-state index contributed by atoms with van der Waals surface area (Å²) in [7, 11) is 1.66. The maximum Gasteiger partial charge on any atom is 0.154 e. The van der Waals surface area contributed by atoms with Gasteiger partial charge < -0.3 is 10.5 Å². The lowest BCUT2D eigenvalue weighted by atomic mass is 10.1. The quantitative estimate of drug-likeness (QED) is 0.497. The van der Waals surface area contributed by atoms with Crippen molar-refractivity contribution < 1.29 is 4.74 Å². The molecule has 0 bridgehead atoms. The molecule has 0 heterocycles. The second-order valence-corrected chi connectivity index (χ2v) is 4.93. The molecule has 3 nitrogen and oxygen atoms in total. The van der Waals surface area contributed by atoms with Crippen LogP contribution in [-0.4, -0.2) is 25.4 Å². The van der Waals surface area contributed by atoms with Crippen molar-refractivity contribution in [2.45, 2.75) is 19.6 Å². The second kappa shape index (κ2) is 7.35. The predicted molar refractivity (Wildman–Crippen MR) is 75.6 cm³/mol. The molecule has 4 heteroatoms. The van der Waals surface area contributed by atoms with Gasteiger partial charge in [-0.1, -0.05) is 35.5 Å². The number of thioether (sulfide) groups is 1. The van der Waals surface area contributed by atoms with E-state index in [0.717, 1.165) is 5.75 Å². The highest BCUT2D eigenvalue weighted by Crippen LogP contribution is 2.17. The van der Waals surface area contributed by atoms with Crippen LogP contribution in [0.15, 0.2) is 23.2 Å². The van der Waals surface area contributed by atoms with Gasteiger partial charge in [-0.2, -0.15) is 0 Å². The Hall–Kier alpha value is -1.00. The van der Waals surface area contributed by atoms with Gasteiger partial charge in [-0.25, -0.2) is 0 Å². The summed E-state index contributed by atoms with van der Waals surface area (Å²) in [6.45, 7) is 5.46. The molecule has 0 fully saturated rings. The van der Waals surface area contributed by atoms with Crippen molar-refractivity contribution in [2.24, 2.45) is 10.7 Å². The monoisotopic (exact) mass is 252 g/mol. The molecular formula is C13H20N2OS. The number of aliphatic imine (C=N–C) groups is 1. The highest BCUT2D eigenvalue weighted by Gasteiger charge is 2.01. The molecule has 0 spiro atoms. The van der Waals surface area contributed by atoms with Crippen LogP contribution >= 0.6 is 11.8 Å². The number of aryl methyl sites for hydroxylation is 2. The van der Waals surface area contributed by atoms with Crippen LogP contribution in [-0.2, 0) is 10.5 Å². The maximum absolute atomic E-state index is 5.81. The molecule has 0 saturated heterocycles. The van der Waals surface area contributed by atoms with Crippen LogP contribution in [0.3, 0.4) is 0 Å². The third-order valence-corrected chi connectivity index (χ3v) is 3.32. The Labute approximate surface area is 107 Å². The van der Waals surface area contributed by atoms with E-state index in [0.29, 0.717) is 18.3 Å². The van der Waals surface area contributed by atoms with Crippen molar-refractivity contribution in [3.63, 3.8) is 0 Å². The minimum Gasteiger partial charge on any atom is -0.383 e. The van der Waals surface area contributed by atoms with Gasteiger partial charge in [0.25, 0.3) is 0 Å². The number of rotatable bonds is 5. The smallest absolute Gasteiger partial charge is 0.154 e. The molecule has 0 aromatic heterocycles. The third-order valence-electron chi connectivity index (χ3n) is 2.44. The minimum absolute atomic E-state index is 0.616. The van der Waals surface area contributed by atoms with Crippen LogP contribution in [0.25, 0.3) is 0 Å². The number of hydrogen-bond donors (Lipinski definition) is 1. The zero-order valence-corrected chi connectivity index (χ0v) is 11.5. The third kappa shape index (κ3) is 5.24. The number of methoxy groups -OCH3 is 1. The molecule has 0 radical (unpaired) electrons. The first-order valence-corrected chi connectivity index (χ1v) is 6.60. The molecule has 94 valence electrons. The summed E-state index contributed by atoms with van der Waals surface area (Å²) in [4.78, 5) is 4.21. The van der Waals surface area contributed by atoms with E-state index in [-0.39, 0.29) is 0 Å².